The number of nitrogens with one attached hydrogen (secondary N) is 2. The van der Waals surface area contributed by atoms with Crippen molar-refractivity contribution in [1.82, 2.24) is 15.2 Å². The zero-order valence-electron chi connectivity index (χ0n) is 19.1. The van der Waals surface area contributed by atoms with Crippen molar-refractivity contribution >= 4 is 40.5 Å². The van der Waals surface area contributed by atoms with E-state index in [2.05, 4.69) is 15.6 Å². The summed E-state index contributed by atoms with van der Waals surface area (Å²) in [6.45, 7) is 1.19. The lowest BCUT2D eigenvalue weighted by Gasteiger charge is -2.32. The maximum absolute atomic E-state index is 13.1. The molecule has 3 aromatic carbocycles. The Kier molecular flexibility index (Phi) is 6.99. The fourth-order valence-electron chi connectivity index (χ4n) is 4.13. The number of aromatic nitrogens is 1. The molecule has 1 aromatic heterocycles. The molecular formula is C27H26N4O3S. The number of thioether (sulfide) groups is 1. The van der Waals surface area contributed by atoms with Crippen molar-refractivity contribution in [3.8, 4) is 0 Å². The summed E-state index contributed by atoms with van der Waals surface area (Å²) in [5, 5.41) is 6.67. The molecule has 0 spiro atoms. The molecule has 35 heavy (non-hydrogen) atoms. The summed E-state index contributed by atoms with van der Waals surface area (Å²) in [5.74, 6) is 0.486. The van der Waals surface area contributed by atoms with E-state index in [-0.39, 0.29) is 18.0 Å². The molecule has 2 heterocycles. The van der Waals surface area contributed by atoms with Crippen molar-refractivity contribution in [3.63, 3.8) is 0 Å². The number of anilines is 1. The van der Waals surface area contributed by atoms with Crippen LogP contribution in [-0.2, 0) is 5.75 Å². The van der Waals surface area contributed by atoms with Gasteiger partial charge >= 0.3 is 6.03 Å². The largest absolute Gasteiger partial charge is 0.431 e. The van der Waals surface area contributed by atoms with E-state index in [0.29, 0.717) is 42.5 Å². The molecule has 8 heteroatoms. The van der Waals surface area contributed by atoms with E-state index in [1.165, 1.54) is 11.8 Å². The van der Waals surface area contributed by atoms with Crippen molar-refractivity contribution in [2.75, 3.05) is 18.4 Å². The number of benzene rings is 3. The van der Waals surface area contributed by atoms with Crippen LogP contribution in [-0.4, -0.2) is 41.0 Å². The van der Waals surface area contributed by atoms with Gasteiger partial charge in [-0.2, -0.15) is 0 Å². The van der Waals surface area contributed by atoms with Crippen LogP contribution >= 0.6 is 11.8 Å². The van der Waals surface area contributed by atoms with Crippen molar-refractivity contribution < 1.29 is 14.0 Å². The molecule has 3 amide bonds. The van der Waals surface area contributed by atoms with Gasteiger partial charge in [0.25, 0.3) is 11.1 Å². The second-order valence-corrected chi connectivity index (χ2v) is 9.35. The Morgan fingerprint density at radius 2 is 1.66 bits per heavy atom. The molecule has 0 unspecified atom stereocenters. The Morgan fingerprint density at radius 3 is 2.46 bits per heavy atom. The number of urea groups is 1. The summed E-state index contributed by atoms with van der Waals surface area (Å²) in [5.41, 5.74) is 3.94. The molecule has 0 atom stereocenters. The second-order valence-electron chi connectivity index (χ2n) is 8.42. The molecular weight excluding hydrogens is 460 g/mol. The number of oxazole rings is 1. The highest BCUT2D eigenvalue weighted by Gasteiger charge is 2.25. The summed E-state index contributed by atoms with van der Waals surface area (Å²) < 4.78 is 5.79. The lowest BCUT2D eigenvalue weighted by Crippen LogP contribution is -2.47. The molecule has 0 radical (unpaired) electrons. The topological polar surface area (TPSA) is 87.5 Å². The first-order valence-electron chi connectivity index (χ1n) is 11.6. The van der Waals surface area contributed by atoms with E-state index in [0.717, 1.165) is 22.4 Å². The fourth-order valence-corrected chi connectivity index (χ4v) is 4.98. The summed E-state index contributed by atoms with van der Waals surface area (Å²) >= 11 is 1.47. The molecule has 1 fully saturated rings. The minimum Gasteiger partial charge on any atom is -0.431 e. The van der Waals surface area contributed by atoms with E-state index < -0.39 is 0 Å². The third-order valence-electron chi connectivity index (χ3n) is 6.03. The first-order chi connectivity index (χ1) is 17.2. The second kappa shape index (κ2) is 10.7. The van der Waals surface area contributed by atoms with Gasteiger partial charge in [-0.1, -0.05) is 60.3 Å². The van der Waals surface area contributed by atoms with Gasteiger partial charge in [0.15, 0.2) is 5.58 Å². The summed E-state index contributed by atoms with van der Waals surface area (Å²) in [6, 6.07) is 24.6. The Balaban J connectivity index is 1.15. The first-order valence-corrected chi connectivity index (χ1v) is 12.6. The van der Waals surface area contributed by atoms with E-state index in [4.69, 9.17) is 4.42 Å². The van der Waals surface area contributed by atoms with Gasteiger partial charge in [0, 0.05) is 36.1 Å². The molecule has 1 saturated heterocycles. The van der Waals surface area contributed by atoms with Crippen LogP contribution in [0.5, 0.6) is 0 Å². The molecule has 1 aliphatic rings. The van der Waals surface area contributed by atoms with Crippen LogP contribution in [0.2, 0.25) is 0 Å². The maximum atomic E-state index is 13.1. The molecule has 4 aromatic rings. The number of nitrogens with zero attached hydrogens (tertiary/aromatic N) is 2. The maximum Gasteiger partial charge on any atom is 0.321 e. The van der Waals surface area contributed by atoms with Gasteiger partial charge in [-0.3, -0.25) is 4.79 Å². The molecule has 2 N–H and O–H groups in total. The third-order valence-corrected chi connectivity index (χ3v) is 6.91. The number of likely N-dealkylation sites (tertiary alicyclic amines) is 1. The summed E-state index contributed by atoms with van der Waals surface area (Å²) in [4.78, 5) is 31.9. The van der Waals surface area contributed by atoms with Crippen molar-refractivity contribution in [1.29, 1.82) is 0 Å². The van der Waals surface area contributed by atoms with Crippen LogP contribution in [0.1, 0.15) is 28.8 Å². The number of carbonyl (C=O) groups excluding carboxylic acids is 2. The number of piperidine rings is 1. The Bertz CT molecular complexity index is 1280. The number of hydrogen-bond donors (Lipinski definition) is 2. The van der Waals surface area contributed by atoms with E-state index in [9.17, 15) is 9.59 Å². The standard InChI is InChI=1S/C27H26N4O3S/c32-25(28-21-14-16-31(17-15-21)26(33)29-20-9-2-1-3-10-20)22-11-5-4-8-19(22)18-35-27-30-23-12-6-7-13-24(23)34-27/h1-13,21H,14-18H2,(H,28,32)(H,29,33). The molecule has 0 saturated carbocycles. The van der Waals surface area contributed by atoms with Gasteiger partial charge in [-0.15, -0.1) is 0 Å². The van der Waals surface area contributed by atoms with Gasteiger partial charge < -0.3 is 20.0 Å². The monoisotopic (exact) mass is 486 g/mol. The number of rotatable bonds is 6. The molecule has 0 aliphatic carbocycles. The van der Waals surface area contributed by atoms with Crippen LogP contribution in [0, 0.1) is 0 Å². The van der Waals surface area contributed by atoms with Gasteiger partial charge in [0.1, 0.15) is 5.52 Å². The highest BCUT2D eigenvalue weighted by molar-refractivity contribution is 7.98. The molecule has 1 aliphatic heterocycles. The van der Waals surface area contributed by atoms with E-state index >= 15 is 0 Å². The number of para-hydroxylation sites is 3. The van der Waals surface area contributed by atoms with Gasteiger partial charge in [-0.05, 0) is 48.7 Å². The van der Waals surface area contributed by atoms with Gasteiger partial charge in [-0.25, -0.2) is 9.78 Å². The van der Waals surface area contributed by atoms with Crippen LogP contribution in [0.15, 0.2) is 88.5 Å². The zero-order chi connectivity index (χ0) is 24.0. The highest BCUT2D eigenvalue weighted by Crippen LogP contribution is 2.27. The van der Waals surface area contributed by atoms with Crippen LogP contribution in [0.3, 0.4) is 0 Å². The quantitative estimate of drug-likeness (QED) is 0.349. The predicted molar refractivity (Wildman–Crippen MR) is 138 cm³/mol. The average Bonchev–Trinajstić information content (AvgIpc) is 3.32. The lowest BCUT2D eigenvalue weighted by molar-refractivity contribution is 0.0918. The molecule has 7 nitrogen and oxygen atoms in total. The molecule has 5 rings (SSSR count). The number of fused-ring (bicyclic) bond motifs is 1. The van der Waals surface area contributed by atoms with E-state index in [1.807, 2.05) is 78.9 Å². The highest BCUT2D eigenvalue weighted by atomic mass is 32.2. The van der Waals surface area contributed by atoms with Crippen molar-refractivity contribution in [2.24, 2.45) is 0 Å². The SMILES string of the molecule is O=C(NC1CCN(C(=O)Nc2ccccc2)CC1)c1ccccc1CSc1nc2ccccc2o1. The third kappa shape index (κ3) is 5.66. The minimum atomic E-state index is -0.109. The Labute approximate surface area is 207 Å². The number of carbonyl (C=O) groups is 2. The lowest BCUT2D eigenvalue weighted by atomic mass is 10.0. The summed E-state index contributed by atoms with van der Waals surface area (Å²) in [7, 11) is 0. The summed E-state index contributed by atoms with van der Waals surface area (Å²) in [6.07, 6.45) is 1.43. The van der Waals surface area contributed by atoms with Crippen LogP contribution < -0.4 is 10.6 Å². The minimum absolute atomic E-state index is 0.0287. The normalized spacial score (nSPS) is 14.1. The zero-order valence-corrected chi connectivity index (χ0v) is 20.0. The number of amides is 3. The fraction of sp³-hybridized carbons (Fsp3) is 0.222. The van der Waals surface area contributed by atoms with Crippen LogP contribution in [0.4, 0.5) is 10.5 Å². The molecule has 178 valence electrons. The Morgan fingerprint density at radius 1 is 0.943 bits per heavy atom. The molecule has 0 bridgehead atoms. The van der Waals surface area contributed by atoms with E-state index in [1.54, 1.807) is 4.90 Å². The Hall–Kier alpha value is -3.78. The van der Waals surface area contributed by atoms with Gasteiger partial charge in [0.2, 0.25) is 0 Å². The van der Waals surface area contributed by atoms with Gasteiger partial charge in [0.05, 0.1) is 0 Å². The first kappa shape index (κ1) is 23.0. The smallest absolute Gasteiger partial charge is 0.321 e. The van der Waals surface area contributed by atoms with Crippen LogP contribution in [0.25, 0.3) is 11.1 Å². The average molecular weight is 487 g/mol. The van der Waals surface area contributed by atoms with Crippen molar-refractivity contribution in [2.45, 2.75) is 29.9 Å². The van der Waals surface area contributed by atoms with Crippen molar-refractivity contribution in [3.05, 3.63) is 90.0 Å². The predicted octanol–water partition coefficient (Wildman–Crippen LogP) is 5.55. The number of hydrogen-bond acceptors (Lipinski definition) is 5.